The largest absolute Gasteiger partial charge is 0.352 e. The monoisotopic (exact) mass is 657 g/mol. The number of carbonyl (C=O) groups is 2. The second kappa shape index (κ2) is 14.1. The molecule has 0 saturated heterocycles. The van der Waals surface area contributed by atoms with Gasteiger partial charge in [0.25, 0.3) is 10.0 Å². The van der Waals surface area contributed by atoms with Crippen LogP contribution in [0.2, 0.25) is 20.1 Å². The molecule has 0 aliphatic carbocycles. The molecule has 0 aromatic heterocycles. The molecule has 0 fully saturated rings. The highest BCUT2D eigenvalue weighted by Crippen LogP contribution is 2.33. The molecule has 0 aliphatic rings. The van der Waals surface area contributed by atoms with E-state index in [2.05, 4.69) is 5.32 Å². The lowest BCUT2D eigenvalue weighted by Gasteiger charge is -2.34. The van der Waals surface area contributed by atoms with E-state index in [1.54, 1.807) is 31.2 Å². The van der Waals surface area contributed by atoms with E-state index in [1.807, 2.05) is 20.8 Å². The Morgan fingerprint density at radius 3 is 2.07 bits per heavy atom. The van der Waals surface area contributed by atoms with E-state index < -0.39 is 28.5 Å². The number of benzene rings is 3. The van der Waals surface area contributed by atoms with Gasteiger partial charge in [-0.2, -0.15) is 0 Å². The number of hydrogen-bond acceptors (Lipinski definition) is 4. The lowest BCUT2D eigenvalue weighted by atomic mass is 10.1. The van der Waals surface area contributed by atoms with Gasteiger partial charge in [-0.25, -0.2) is 8.42 Å². The third-order valence-corrected chi connectivity index (χ3v) is 9.15. The van der Waals surface area contributed by atoms with Crippen molar-refractivity contribution in [2.24, 2.45) is 0 Å². The molecule has 0 bridgehead atoms. The van der Waals surface area contributed by atoms with E-state index >= 15 is 0 Å². The summed E-state index contributed by atoms with van der Waals surface area (Å²) >= 11 is 25.2. The van der Waals surface area contributed by atoms with E-state index in [0.29, 0.717) is 15.6 Å². The van der Waals surface area contributed by atoms with E-state index in [0.717, 1.165) is 9.87 Å². The number of anilines is 1. The van der Waals surface area contributed by atoms with Crippen molar-refractivity contribution in [2.45, 2.75) is 57.6 Å². The molecule has 7 nitrogen and oxygen atoms in total. The van der Waals surface area contributed by atoms with Gasteiger partial charge in [0, 0.05) is 27.7 Å². The van der Waals surface area contributed by atoms with Gasteiger partial charge in [-0.3, -0.25) is 13.9 Å². The Hall–Kier alpha value is -2.49. The van der Waals surface area contributed by atoms with Crippen LogP contribution < -0.4 is 9.62 Å². The van der Waals surface area contributed by atoms with E-state index in [1.165, 1.54) is 41.3 Å². The fourth-order valence-corrected chi connectivity index (χ4v) is 6.49. The second-order valence-corrected chi connectivity index (χ2v) is 13.3. The first-order chi connectivity index (χ1) is 19.2. The molecule has 1 atom stereocenters. The maximum Gasteiger partial charge on any atom is 0.264 e. The average Bonchev–Trinajstić information content (AvgIpc) is 2.89. The van der Waals surface area contributed by atoms with Crippen molar-refractivity contribution in [3.63, 3.8) is 0 Å². The maximum absolute atomic E-state index is 14.1. The Bertz CT molecular complexity index is 1510. The number of nitrogens with zero attached hydrogens (tertiary/aromatic N) is 2. The number of rotatable bonds is 11. The van der Waals surface area contributed by atoms with Crippen LogP contribution in [-0.2, 0) is 26.2 Å². The molecular formula is C29H31Cl4N3O4S. The lowest BCUT2D eigenvalue weighted by molar-refractivity contribution is -0.140. The topological polar surface area (TPSA) is 86.8 Å². The number of aryl methyl sites for hydroxylation is 1. The molecule has 2 amide bonds. The van der Waals surface area contributed by atoms with Gasteiger partial charge >= 0.3 is 0 Å². The molecule has 0 spiro atoms. The number of sulfonamides is 1. The molecule has 220 valence electrons. The van der Waals surface area contributed by atoms with Gasteiger partial charge in [-0.15, -0.1) is 0 Å². The van der Waals surface area contributed by atoms with Gasteiger partial charge in [-0.1, -0.05) is 77.1 Å². The third kappa shape index (κ3) is 8.30. The zero-order valence-corrected chi connectivity index (χ0v) is 26.8. The van der Waals surface area contributed by atoms with Crippen molar-refractivity contribution >= 4 is 73.9 Å². The van der Waals surface area contributed by atoms with Gasteiger partial charge in [0.15, 0.2) is 0 Å². The van der Waals surface area contributed by atoms with Crippen molar-refractivity contribution in [3.05, 3.63) is 91.9 Å². The lowest BCUT2D eigenvalue weighted by Crippen LogP contribution is -2.53. The minimum Gasteiger partial charge on any atom is -0.352 e. The predicted molar refractivity (Wildman–Crippen MR) is 167 cm³/mol. The van der Waals surface area contributed by atoms with Crippen LogP contribution in [0, 0.1) is 6.92 Å². The molecule has 12 heteroatoms. The Balaban J connectivity index is 2.13. The Kier molecular flexibility index (Phi) is 11.4. The number of halogens is 4. The molecule has 0 aliphatic heterocycles. The van der Waals surface area contributed by atoms with Crippen LogP contribution in [0.4, 0.5) is 5.69 Å². The summed E-state index contributed by atoms with van der Waals surface area (Å²) in [5, 5.41) is 3.86. The molecule has 3 aromatic rings. The summed E-state index contributed by atoms with van der Waals surface area (Å²) in [6, 6.07) is 14.3. The highest BCUT2D eigenvalue weighted by Gasteiger charge is 2.35. The highest BCUT2D eigenvalue weighted by atomic mass is 35.5. The summed E-state index contributed by atoms with van der Waals surface area (Å²) < 4.78 is 28.9. The molecule has 0 unspecified atom stereocenters. The zero-order chi connectivity index (χ0) is 30.5. The standard InChI is InChI=1S/C29H31Cl4N3O4S/c1-5-26(29(38)34-18(2)3)35(16-20-8-9-21(30)14-25(20)33)28(37)17-36(27-15-22(31)10-13-24(27)32)41(39,40)23-11-6-19(4)7-12-23/h6-15,18,26H,5,16-17H2,1-4H3,(H,34,38)/t26-/m1/s1. The Labute approximate surface area is 261 Å². The summed E-state index contributed by atoms with van der Waals surface area (Å²) in [5.41, 5.74) is 1.42. The van der Waals surface area contributed by atoms with Gasteiger partial charge in [0.05, 0.1) is 15.6 Å². The fraction of sp³-hybridized carbons (Fsp3) is 0.310. The smallest absolute Gasteiger partial charge is 0.264 e. The number of nitrogens with one attached hydrogen (secondary N) is 1. The average molecular weight is 659 g/mol. The van der Waals surface area contributed by atoms with Crippen molar-refractivity contribution in [3.8, 4) is 0 Å². The van der Waals surface area contributed by atoms with Gasteiger partial charge < -0.3 is 10.2 Å². The Morgan fingerprint density at radius 1 is 0.878 bits per heavy atom. The van der Waals surface area contributed by atoms with Gasteiger partial charge in [-0.05, 0) is 75.2 Å². The highest BCUT2D eigenvalue weighted by molar-refractivity contribution is 7.92. The first-order valence-electron chi connectivity index (χ1n) is 12.8. The number of carbonyl (C=O) groups excluding carboxylic acids is 2. The molecule has 0 radical (unpaired) electrons. The van der Waals surface area contributed by atoms with Crippen LogP contribution >= 0.6 is 46.4 Å². The van der Waals surface area contributed by atoms with Crippen molar-refractivity contribution in [2.75, 3.05) is 10.8 Å². The molecule has 3 rings (SSSR count). The number of hydrogen-bond donors (Lipinski definition) is 1. The minimum absolute atomic E-state index is 0.0252. The third-order valence-electron chi connectivity index (χ3n) is 6.24. The quantitative estimate of drug-likeness (QED) is 0.237. The van der Waals surface area contributed by atoms with E-state index in [4.69, 9.17) is 46.4 Å². The van der Waals surface area contributed by atoms with Crippen LogP contribution in [0.1, 0.15) is 38.3 Å². The molecule has 3 aromatic carbocycles. The summed E-state index contributed by atoms with van der Waals surface area (Å²) in [5.74, 6) is -1.02. The second-order valence-electron chi connectivity index (χ2n) is 9.77. The minimum atomic E-state index is -4.30. The van der Waals surface area contributed by atoms with Gasteiger partial charge in [0.1, 0.15) is 12.6 Å². The van der Waals surface area contributed by atoms with Crippen LogP contribution in [0.25, 0.3) is 0 Å². The van der Waals surface area contributed by atoms with E-state index in [-0.39, 0.29) is 45.5 Å². The molecule has 1 N–H and O–H groups in total. The van der Waals surface area contributed by atoms with Crippen molar-refractivity contribution < 1.29 is 18.0 Å². The first kappa shape index (κ1) is 33.0. The molecule has 0 heterocycles. The summed E-state index contributed by atoms with van der Waals surface area (Å²) in [4.78, 5) is 28.6. The Morgan fingerprint density at radius 2 is 1.49 bits per heavy atom. The molecule has 0 saturated carbocycles. The summed E-state index contributed by atoms with van der Waals surface area (Å²) in [7, 11) is -4.30. The van der Waals surface area contributed by atoms with Crippen LogP contribution in [-0.4, -0.2) is 43.8 Å². The molecular weight excluding hydrogens is 628 g/mol. The normalized spacial score (nSPS) is 12.2. The van der Waals surface area contributed by atoms with Crippen LogP contribution in [0.5, 0.6) is 0 Å². The molecule has 41 heavy (non-hydrogen) atoms. The van der Waals surface area contributed by atoms with Gasteiger partial charge in [0.2, 0.25) is 11.8 Å². The van der Waals surface area contributed by atoms with E-state index in [9.17, 15) is 18.0 Å². The fourth-order valence-electron chi connectivity index (χ4n) is 4.16. The van der Waals surface area contributed by atoms with Crippen molar-refractivity contribution in [1.82, 2.24) is 10.2 Å². The predicted octanol–water partition coefficient (Wildman–Crippen LogP) is 7.14. The SMILES string of the molecule is CC[C@H](C(=O)NC(C)C)N(Cc1ccc(Cl)cc1Cl)C(=O)CN(c1cc(Cl)ccc1Cl)S(=O)(=O)c1ccc(C)cc1. The maximum atomic E-state index is 14.1. The number of amides is 2. The van der Waals surface area contributed by atoms with Crippen LogP contribution in [0.3, 0.4) is 0 Å². The van der Waals surface area contributed by atoms with Crippen LogP contribution in [0.15, 0.2) is 65.6 Å². The zero-order valence-electron chi connectivity index (χ0n) is 23.0. The summed E-state index contributed by atoms with van der Waals surface area (Å²) in [6.07, 6.45) is 0.262. The first-order valence-corrected chi connectivity index (χ1v) is 15.8. The summed E-state index contributed by atoms with van der Waals surface area (Å²) in [6.45, 7) is 6.49. The van der Waals surface area contributed by atoms with Crippen molar-refractivity contribution in [1.29, 1.82) is 0 Å².